The zero-order chi connectivity index (χ0) is 11.4. The van der Waals surface area contributed by atoms with Crippen molar-refractivity contribution in [1.82, 2.24) is 5.01 Å². The van der Waals surface area contributed by atoms with E-state index in [1.54, 1.807) is 0 Å². The van der Waals surface area contributed by atoms with Crippen molar-refractivity contribution in [3.8, 4) is 0 Å². The molecule has 0 saturated carbocycles. The number of thiocarbonyl (C=S) groups is 1. The number of nitrogens with zero attached hydrogens (tertiary/aromatic N) is 1. The van der Waals surface area contributed by atoms with Crippen molar-refractivity contribution >= 4 is 39.2 Å². The van der Waals surface area contributed by atoms with E-state index in [9.17, 15) is 4.79 Å². The van der Waals surface area contributed by atoms with E-state index in [-0.39, 0.29) is 17.4 Å². The molecule has 0 bridgehead atoms. The van der Waals surface area contributed by atoms with Crippen molar-refractivity contribution < 1.29 is 4.79 Å². The number of carbonyl (C=O) groups excluding carboxylic acids is 1. The van der Waals surface area contributed by atoms with Gasteiger partial charge in [-0.25, -0.2) is 10.9 Å². The van der Waals surface area contributed by atoms with Crippen LogP contribution in [-0.4, -0.2) is 16.0 Å². The van der Waals surface area contributed by atoms with Crippen molar-refractivity contribution in [2.24, 2.45) is 11.6 Å². The number of hydrazine groups is 1. The Hall–Kier alpha value is -0.980. The van der Waals surface area contributed by atoms with Crippen LogP contribution in [0.5, 0.6) is 0 Å². The highest BCUT2D eigenvalue weighted by molar-refractivity contribution is 9.10. The van der Waals surface area contributed by atoms with Gasteiger partial charge < -0.3 is 5.73 Å². The molecular weight excluding hydrogens is 278 g/mol. The van der Waals surface area contributed by atoms with Crippen molar-refractivity contribution in [3.63, 3.8) is 0 Å². The summed E-state index contributed by atoms with van der Waals surface area (Å²) in [7, 11) is 0. The number of carbonyl (C=O) groups is 1. The van der Waals surface area contributed by atoms with E-state index in [0.29, 0.717) is 0 Å². The Balaban J connectivity index is 2.70. The molecule has 6 heteroatoms. The minimum absolute atomic E-state index is 0.130. The van der Waals surface area contributed by atoms with Gasteiger partial charge >= 0.3 is 0 Å². The van der Waals surface area contributed by atoms with Crippen LogP contribution in [-0.2, 0) is 11.2 Å². The lowest BCUT2D eigenvalue weighted by molar-refractivity contribution is -0.126. The minimum Gasteiger partial charge on any atom is -0.375 e. The Bertz CT molecular complexity index is 397. The predicted octanol–water partition coefficient (Wildman–Crippen LogP) is 0.938. The summed E-state index contributed by atoms with van der Waals surface area (Å²) in [5, 5.41) is 0.644. The van der Waals surface area contributed by atoms with Gasteiger partial charge in [0.2, 0.25) is 5.91 Å². The monoisotopic (exact) mass is 287 g/mol. The van der Waals surface area contributed by atoms with E-state index in [1.165, 1.54) is 0 Å². The van der Waals surface area contributed by atoms with Gasteiger partial charge in [-0.2, -0.15) is 0 Å². The average molecular weight is 288 g/mol. The summed E-state index contributed by atoms with van der Waals surface area (Å²) in [6, 6.07) is 7.39. The Kier molecular flexibility index (Phi) is 4.19. The number of halogens is 1. The summed E-state index contributed by atoms with van der Waals surface area (Å²) in [6.45, 7) is 0. The maximum absolute atomic E-state index is 11.5. The van der Waals surface area contributed by atoms with Crippen LogP contribution in [0.3, 0.4) is 0 Å². The first-order valence-corrected chi connectivity index (χ1v) is 5.32. The summed E-state index contributed by atoms with van der Waals surface area (Å²) >= 11 is 7.90. The predicted molar refractivity (Wildman–Crippen MR) is 65.7 cm³/mol. The molecule has 4 N–H and O–H groups in total. The lowest BCUT2D eigenvalue weighted by atomic mass is 10.1. The molecule has 0 spiro atoms. The van der Waals surface area contributed by atoms with Gasteiger partial charge in [-0.15, -0.1) is 0 Å². The minimum atomic E-state index is -0.333. The van der Waals surface area contributed by atoms with Gasteiger partial charge in [0.1, 0.15) is 0 Å². The highest BCUT2D eigenvalue weighted by atomic mass is 79.9. The molecule has 1 aromatic carbocycles. The highest BCUT2D eigenvalue weighted by Gasteiger charge is 2.12. The molecule has 80 valence electrons. The number of hydrogen-bond acceptors (Lipinski definition) is 3. The Labute approximate surface area is 101 Å². The first-order valence-electron chi connectivity index (χ1n) is 4.12. The van der Waals surface area contributed by atoms with Gasteiger partial charge in [-0.1, -0.05) is 28.1 Å². The van der Waals surface area contributed by atoms with Gasteiger partial charge in [0.05, 0.1) is 6.42 Å². The summed E-state index contributed by atoms with van der Waals surface area (Å²) in [6.07, 6.45) is 0.174. The fourth-order valence-corrected chi connectivity index (χ4v) is 1.58. The smallest absolute Gasteiger partial charge is 0.247 e. The molecule has 0 fully saturated rings. The molecule has 4 nitrogen and oxygen atoms in total. The van der Waals surface area contributed by atoms with Gasteiger partial charge in [-0.05, 0) is 29.9 Å². The Morgan fingerprint density at radius 1 is 1.53 bits per heavy atom. The van der Waals surface area contributed by atoms with E-state index < -0.39 is 0 Å². The van der Waals surface area contributed by atoms with Crippen LogP contribution in [0.4, 0.5) is 0 Å². The van der Waals surface area contributed by atoms with Crippen molar-refractivity contribution in [3.05, 3.63) is 34.3 Å². The summed E-state index contributed by atoms with van der Waals surface area (Å²) in [5.41, 5.74) is 6.07. The van der Waals surface area contributed by atoms with Gasteiger partial charge in [0, 0.05) is 4.47 Å². The maximum Gasteiger partial charge on any atom is 0.247 e. The molecule has 0 atom stereocenters. The maximum atomic E-state index is 11.5. The molecule has 0 saturated heterocycles. The first-order chi connectivity index (χ1) is 7.00. The van der Waals surface area contributed by atoms with Crippen molar-refractivity contribution in [2.45, 2.75) is 6.42 Å². The van der Waals surface area contributed by atoms with Gasteiger partial charge in [-0.3, -0.25) is 4.79 Å². The van der Waals surface area contributed by atoms with E-state index >= 15 is 0 Å². The summed E-state index contributed by atoms with van der Waals surface area (Å²) < 4.78 is 0.909. The molecule has 15 heavy (non-hydrogen) atoms. The highest BCUT2D eigenvalue weighted by Crippen LogP contribution is 2.12. The lowest BCUT2D eigenvalue weighted by Gasteiger charge is -2.13. The average Bonchev–Trinajstić information content (AvgIpc) is 2.16. The van der Waals surface area contributed by atoms with Gasteiger partial charge in [0.15, 0.2) is 5.11 Å². The van der Waals surface area contributed by atoms with Crippen molar-refractivity contribution in [1.29, 1.82) is 0 Å². The number of amides is 1. The van der Waals surface area contributed by atoms with Crippen LogP contribution < -0.4 is 11.6 Å². The third-order valence-electron chi connectivity index (χ3n) is 1.75. The standard InChI is InChI=1S/C9H10BrN3OS/c10-7-3-1-2-6(4-7)5-8(14)13(12)9(11)15/h1-4H,5,12H2,(H2,11,15). The fraction of sp³-hybridized carbons (Fsp3) is 0.111. The molecule has 0 aliphatic rings. The molecule has 0 radical (unpaired) electrons. The van der Waals surface area contributed by atoms with E-state index in [2.05, 4.69) is 28.1 Å². The zero-order valence-corrected chi connectivity index (χ0v) is 10.2. The Morgan fingerprint density at radius 2 is 2.20 bits per heavy atom. The molecule has 0 aliphatic heterocycles. The van der Waals surface area contributed by atoms with Crippen LogP contribution in [0.2, 0.25) is 0 Å². The molecule has 0 aliphatic carbocycles. The summed E-state index contributed by atoms with van der Waals surface area (Å²) in [4.78, 5) is 11.5. The lowest BCUT2D eigenvalue weighted by Crippen LogP contribution is -2.46. The quantitative estimate of drug-likeness (QED) is 0.368. The molecule has 1 aromatic rings. The normalized spacial score (nSPS) is 9.73. The molecule has 0 unspecified atom stereocenters. The molecule has 1 amide bonds. The topological polar surface area (TPSA) is 72.3 Å². The van der Waals surface area contributed by atoms with Crippen molar-refractivity contribution in [2.75, 3.05) is 0 Å². The third-order valence-corrected chi connectivity index (χ3v) is 2.44. The van der Waals surface area contributed by atoms with E-state index in [1.807, 2.05) is 24.3 Å². The number of benzene rings is 1. The SMILES string of the molecule is NC(=S)N(N)C(=O)Cc1cccc(Br)c1. The largest absolute Gasteiger partial charge is 0.375 e. The Morgan fingerprint density at radius 3 is 2.73 bits per heavy atom. The number of hydrogen-bond donors (Lipinski definition) is 2. The molecule has 1 rings (SSSR count). The molecule has 0 aromatic heterocycles. The second kappa shape index (κ2) is 5.20. The molecular formula is C9H10BrN3OS. The second-order valence-corrected chi connectivity index (χ2v) is 4.24. The van der Waals surface area contributed by atoms with Crippen LogP contribution in [0, 0.1) is 0 Å². The number of nitrogens with two attached hydrogens (primary N) is 2. The fourth-order valence-electron chi connectivity index (χ4n) is 1.03. The molecule has 0 heterocycles. The number of rotatable bonds is 2. The second-order valence-electron chi connectivity index (χ2n) is 2.91. The van der Waals surface area contributed by atoms with E-state index in [4.69, 9.17) is 11.6 Å². The van der Waals surface area contributed by atoms with E-state index in [0.717, 1.165) is 15.0 Å². The first kappa shape index (κ1) is 12.1. The third kappa shape index (κ3) is 3.58. The van der Waals surface area contributed by atoms with Crippen LogP contribution in [0.25, 0.3) is 0 Å². The van der Waals surface area contributed by atoms with Crippen LogP contribution in [0.1, 0.15) is 5.56 Å². The van der Waals surface area contributed by atoms with Gasteiger partial charge in [0.25, 0.3) is 0 Å². The van der Waals surface area contributed by atoms with Crippen LogP contribution >= 0.6 is 28.1 Å². The van der Waals surface area contributed by atoms with Crippen LogP contribution in [0.15, 0.2) is 28.7 Å². The zero-order valence-electron chi connectivity index (χ0n) is 7.81. The summed E-state index contributed by atoms with van der Waals surface area (Å²) in [5.74, 6) is 5.02.